The van der Waals surface area contributed by atoms with Gasteiger partial charge in [-0.2, -0.15) is 0 Å². The first kappa shape index (κ1) is 6.91. The molecule has 0 radical (unpaired) electrons. The van der Waals surface area contributed by atoms with Crippen LogP contribution in [0.5, 0.6) is 0 Å². The van der Waals surface area contributed by atoms with Crippen LogP contribution in [0.15, 0.2) is 6.20 Å². The lowest BCUT2D eigenvalue weighted by atomic mass is 10.2. The molecule has 4 heteroatoms. The normalized spacial score (nSPS) is 16.7. The van der Waals surface area contributed by atoms with E-state index in [9.17, 15) is 4.79 Å². The monoisotopic (exact) mass is 168 g/mol. The Morgan fingerprint density at radius 3 is 3.09 bits per heavy atom. The van der Waals surface area contributed by atoms with Crippen LogP contribution in [0.25, 0.3) is 0 Å². The summed E-state index contributed by atoms with van der Waals surface area (Å²) < 4.78 is 3.64. The largest absolute Gasteiger partial charge is 0.293 e. The van der Waals surface area contributed by atoms with Gasteiger partial charge in [0.2, 0.25) is 0 Å². The molecular formula is C7H8N2OS. The van der Waals surface area contributed by atoms with Crippen LogP contribution in [0.1, 0.15) is 28.9 Å². The minimum Gasteiger partial charge on any atom is -0.293 e. The zero-order chi connectivity index (χ0) is 7.68. The molecule has 0 aromatic carbocycles. The van der Waals surface area contributed by atoms with Gasteiger partial charge in [0, 0.05) is 6.42 Å². The Kier molecular flexibility index (Phi) is 1.69. The van der Waals surface area contributed by atoms with Crippen molar-refractivity contribution >= 4 is 17.3 Å². The van der Waals surface area contributed by atoms with Gasteiger partial charge in [-0.25, -0.2) is 0 Å². The van der Waals surface area contributed by atoms with Gasteiger partial charge >= 0.3 is 0 Å². The Balaban J connectivity index is 1.99. The third-order valence-electron chi connectivity index (χ3n) is 1.81. The molecule has 3 nitrogen and oxygen atoms in total. The van der Waals surface area contributed by atoms with Gasteiger partial charge in [0.15, 0.2) is 5.78 Å². The van der Waals surface area contributed by atoms with Gasteiger partial charge in [0.25, 0.3) is 0 Å². The van der Waals surface area contributed by atoms with E-state index in [0.29, 0.717) is 17.2 Å². The molecule has 0 spiro atoms. The molecule has 1 fully saturated rings. The predicted octanol–water partition coefficient (Wildman–Crippen LogP) is 1.52. The number of aromatic nitrogens is 2. The molecule has 0 bridgehead atoms. The number of ketones is 1. The summed E-state index contributed by atoms with van der Waals surface area (Å²) in [5.41, 5.74) is 0. The zero-order valence-electron chi connectivity index (χ0n) is 5.99. The van der Waals surface area contributed by atoms with Gasteiger partial charge in [0.1, 0.15) is 4.88 Å². The van der Waals surface area contributed by atoms with Crippen molar-refractivity contribution in [1.82, 2.24) is 9.59 Å². The highest BCUT2D eigenvalue weighted by Crippen LogP contribution is 2.33. The van der Waals surface area contributed by atoms with Gasteiger partial charge in [-0.15, -0.1) is 5.10 Å². The van der Waals surface area contributed by atoms with E-state index < -0.39 is 0 Å². The second-order valence-electron chi connectivity index (χ2n) is 2.85. The quantitative estimate of drug-likeness (QED) is 0.643. The third-order valence-corrected chi connectivity index (χ3v) is 2.51. The van der Waals surface area contributed by atoms with Gasteiger partial charge in [-0.3, -0.25) is 4.79 Å². The van der Waals surface area contributed by atoms with Crippen LogP contribution >= 0.6 is 11.5 Å². The van der Waals surface area contributed by atoms with Crippen molar-refractivity contribution < 1.29 is 4.79 Å². The number of Topliss-reactive ketones (excluding diaryl/α,β-unsaturated/α-hetero) is 1. The summed E-state index contributed by atoms with van der Waals surface area (Å²) >= 11 is 1.19. The minimum absolute atomic E-state index is 0.211. The average Bonchev–Trinajstić information content (AvgIpc) is 2.67. The van der Waals surface area contributed by atoms with Crippen LogP contribution in [-0.2, 0) is 0 Å². The summed E-state index contributed by atoms with van der Waals surface area (Å²) in [4.78, 5) is 12.0. The topological polar surface area (TPSA) is 42.9 Å². The second-order valence-corrected chi connectivity index (χ2v) is 3.64. The number of carbonyl (C=O) groups is 1. The molecule has 1 heterocycles. The van der Waals surface area contributed by atoms with E-state index in [-0.39, 0.29) is 5.78 Å². The van der Waals surface area contributed by atoms with E-state index >= 15 is 0 Å². The first-order valence-corrected chi connectivity index (χ1v) is 4.44. The van der Waals surface area contributed by atoms with Crippen molar-refractivity contribution in [2.75, 3.05) is 0 Å². The maximum atomic E-state index is 11.3. The Bertz CT molecular complexity index is 253. The molecule has 0 saturated heterocycles. The van der Waals surface area contributed by atoms with Gasteiger partial charge in [0.05, 0.1) is 6.20 Å². The highest BCUT2D eigenvalue weighted by molar-refractivity contribution is 7.07. The molecule has 11 heavy (non-hydrogen) atoms. The first-order valence-electron chi connectivity index (χ1n) is 3.67. The van der Waals surface area contributed by atoms with Gasteiger partial charge in [-0.1, -0.05) is 4.49 Å². The van der Waals surface area contributed by atoms with Crippen molar-refractivity contribution in [3.63, 3.8) is 0 Å². The van der Waals surface area contributed by atoms with Crippen molar-refractivity contribution in [2.24, 2.45) is 5.92 Å². The summed E-state index contributed by atoms with van der Waals surface area (Å²) in [6.45, 7) is 0. The Labute approximate surface area is 68.6 Å². The molecule has 0 N–H and O–H groups in total. The fourth-order valence-electron chi connectivity index (χ4n) is 0.975. The molecule has 1 aromatic heterocycles. The zero-order valence-corrected chi connectivity index (χ0v) is 6.80. The Morgan fingerprint density at radius 2 is 2.55 bits per heavy atom. The molecule has 1 aromatic rings. The highest BCUT2D eigenvalue weighted by Gasteiger charge is 2.25. The van der Waals surface area contributed by atoms with Crippen molar-refractivity contribution in [3.8, 4) is 0 Å². The maximum absolute atomic E-state index is 11.3. The van der Waals surface area contributed by atoms with Crippen LogP contribution in [-0.4, -0.2) is 15.4 Å². The Morgan fingerprint density at radius 1 is 1.73 bits per heavy atom. The molecule has 1 aliphatic rings. The summed E-state index contributed by atoms with van der Waals surface area (Å²) in [6.07, 6.45) is 4.69. The molecule has 0 unspecified atom stereocenters. The third kappa shape index (κ3) is 1.63. The fraction of sp³-hybridized carbons (Fsp3) is 0.571. The van der Waals surface area contributed by atoms with Crippen LogP contribution in [0, 0.1) is 5.92 Å². The van der Waals surface area contributed by atoms with Gasteiger partial charge < -0.3 is 0 Å². The lowest BCUT2D eigenvalue weighted by Crippen LogP contribution is -1.96. The average molecular weight is 168 g/mol. The number of hydrogen-bond donors (Lipinski definition) is 0. The smallest absolute Gasteiger partial charge is 0.176 e. The first-order chi connectivity index (χ1) is 5.36. The van der Waals surface area contributed by atoms with Crippen LogP contribution in [0.4, 0.5) is 0 Å². The Hall–Kier alpha value is -0.770. The number of carbonyl (C=O) groups excluding carboxylic acids is 1. The number of rotatable bonds is 3. The summed E-state index contributed by atoms with van der Waals surface area (Å²) in [5, 5.41) is 3.62. The highest BCUT2D eigenvalue weighted by atomic mass is 32.1. The molecule has 0 atom stereocenters. The molecule has 1 aliphatic carbocycles. The molecule has 58 valence electrons. The molecule has 2 rings (SSSR count). The SMILES string of the molecule is O=C(CC1CC1)c1cnns1. The number of nitrogens with zero attached hydrogens (tertiary/aromatic N) is 2. The molecular weight excluding hydrogens is 160 g/mol. The van der Waals surface area contributed by atoms with Crippen LogP contribution < -0.4 is 0 Å². The van der Waals surface area contributed by atoms with Crippen molar-refractivity contribution in [2.45, 2.75) is 19.3 Å². The van der Waals surface area contributed by atoms with E-state index in [4.69, 9.17) is 0 Å². The van der Waals surface area contributed by atoms with E-state index in [1.165, 1.54) is 24.4 Å². The van der Waals surface area contributed by atoms with Gasteiger partial charge in [-0.05, 0) is 30.3 Å². The van der Waals surface area contributed by atoms with E-state index in [0.717, 1.165) is 0 Å². The molecule has 0 amide bonds. The second kappa shape index (κ2) is 2.70. The predicted molar refractivity (Wildman–Crippen MR) is 41.6 cm³/mol. The molecule has 1 saturated carbocycles. The lowest BCUT2D eigenvalue weighted by Gasteiger charge is -1.90. The minimum atomic E-state index is 0.211. The number of hydrogen-bond acceptors (Lipinski definition) is 4. The standard InChI is InChI=1S/C7H8N2OS/c10-6(3-5-1-2-5)7-4-8-9-11-7/h4-5H,1-3H2. The van der Waals surface area contributed by atoms with Crippen LogP contribution in [0.2, 0.25) is 0 Å². The lowest BCUT2D eigenvalue weighted by molar-refractivity contribution is 0.0980. The summed E-state index contributed by atoms with van der Waals surface area (Å²) in [5.74, 6) is 0.868. The van der Waals surface area contributed by atoms with E-state index in [1.54, 1.807) is 6.20 Å². The summed E-state index contributed by atoms with van der Waals surface area (Å²) in [6, 6.07) is 0. The van der Waals surface area contributed by atoms with Crippen molar-refractivity contribution in [3.05, 3.63) is 11.1 Å². The van der Waals surface area contributed by atoms with E-state index in [2.05, 4.69) is 9.59 Å². The van der Waals surface area contributed by atoms with Crippen molar-refractivity contribution in [1.29, 1.82) is 0 Å². The maximum Gasteiger partial charge on any atom is 0.176 e. The summed E-state index contributed by atoms with van der Waals surface area (Å²) in [7, 11) is 0. The van der Waals surface area contributed by atoms with Crippen LogP contribution in [0.3, 0.4) is 0 Å². The molecule has 0 aliphatic heterocycles. The van der Waals surface area contributed by atoms with E-state index in [1.807, 2.05) is 0 Å². The fourth-order valence-corrected chi connectivity index (χ4v) is 1.44.